The van der Waals surface area contributed by atoms with Crippen molar-refractivity contribution in [1.29, 1.82) is 0 Å². The Balaban J connectivity index is 1.97. The highest BCUT2D eigenvalue weighted by atomic mass is 32.2. The summed E-state index contributed by atoms with van der Waals surface area (Å²) < 4.78 is 5.49. The maximum Gasteiger partial charge on any atom is 0.338 e. The van der Waals surface area contributed by atoms with Crippen molar-refractivity contribution in [2.75, 3.05) is 6.61 Å². The maximum atomic E-state index is 12.9. The molecule has 1 aromatic rings. The quantitative estimate of drug-likeness (QED) is 0.672. The van der Waals surface area contributed by atoms with E-state index in [0.29, 0.717) is 23.0 Å². The van der Waals surface area contributed by atoms with Crippen molar-refractivity contribution >= 4 is 34.9 Å². The number of hydrogen-bond donors (Lipinski definition) is 0. The summed E-state index contributed by atoms with van der Waals surface area (Å²) in [4.78, 5) is 32.0. The van der Waals surface area contributed by atoms with Gasteiger partial charge in [0.15, 0.2) is 5.17 Å². The summed E-state index contributed by atoms with van der Waals surface area (Å²) in [5.74, 6) is -0.177. The monoisotopic (exact) mass is 398 g/mol. The number of allylic oxidation sites excluding steroid dienone is 1. The molecule has 0 aromatic heterocycles. The summed E-state index contributed by atoms with van der Waals surface area (Å²) in [7, 11) is 0. The molecule has 0 bridgehead atoms. The third-order valence-electron chi connectivity index (χ3n) is 4.60. The van der Waals surface area contributed by atoms with Crippen molar-refractivity contribution in [2.45, 2.75) is 45.4 Å². The highest BCUT2D eigenvalue weighted by molar-refractivity contribution is 8.15. The second-order valence-corrected chi connectivity index (χ2v) is 8.49. The van der Waals surface area contributed by atoms with Crippen LogP contribution in [0.4, 0.5) is 0 Å². The van der Waals surface area contributed by atoms with Crippen molar-refractivity contribution in [3.8, 4) is 0 Å². The molecule has 6 heteroatoms. The SMILES string of the molecule is CCC1SC2=NC(C)=C(C(=O)OCC(C)C)C(/C=C/c3ccccc3)N2C1=O. The van der Waals surface area contributed by atoms with Gasteiger partial charge in [0.1, 0.15) is 0 Å². The summed E-state index contributed by atoms with van der Waals surface area (Å²) in [5, 5.41) is 0.502. The summed E-state index contributed by atoms with van der Waals surface area (Å²) in [6, 6.07) is 9.32. The first kappa shape index (κ1) is 20.4. The predicted molar refractivity (Wildman–Crippen MR) is 114 cm³/mol. The molecule has 0 N–H and O–H groups in total. The standard InChI is InChI=1S/C22H26N2O3S/c1-5-18-20(25)24-17(12-11-16-9-7-6-8-10-16)19(15(4)23-22(24)28-18)21(26)27-13-14(2)3/h6-12,14,17-18H,5,13H2,1-4H3/b12-11+. The van der Waals surface area contributed by atoms with Gasteiger partial charge in [0.25, 0.3) is 0 Å². The lowest BCUT2D eigenvalue weighted by Gasteiger charge is -2.30. The Bertz CT molecular complexity index is 843. The molecule has 1 saturated heterocycles. The fourth-order valence-corrected chi connectivity index (χ4v) is 4.30. The molecule has 1 fully saturated rings. The topological polar surface area (TPSA) is 59.0 Å². The van der Waals surface area contributed by atoms with E-state index >= 15 is 0 Å². The van der Waals surface area contributed by atoms with Crippen LogP contribution < -0.4 is 0 Å². The van der Waals surface area contributed by atoms with Crippen molar-refractivity contribution in [3.05, 3.63) is 53.2 Å². The van der Waals surface area contributed by atoms with Gasteiger partial charge in [-0.05, 0) is 24.8 Å². The predicted octanol–water partition coefficient (Wildman–Crippen LogP) is 4.27. The third-order valence-corrected chi connectivity index (χ3v) is 5.92. The molecule has 2 aliphatic rings. The Labute approximate surface area is 170 Å². The van der Waals surface area contributed by atoms with E-state index in [1.54, 1.807) is 4.90 Å². The molecule has 1 amide bonds. The maximum absolute atomic E-state index is 12.9. The van der Waals surface area contributed by atoms with Crippen molar-refractivity contribution in [2.24, 2.45) is 10.9 Å². The Morgan fingerprint density at radius 2 is 2.04 bits per heavy atom. The number of benzene rings is 1. The Morgan fingerprint density at radius 3 is 2.68 bits per heavy atom. The molecular formula is C22H26N2O3S. The molecule has 0 saturated carbocycles. The van der Waals surface area contributed by atoms with Gasteiger partial charge in [-0.15, -0.1) is 0 Å². The molecule has 5 nitrogen and oxygen atoms in total. The van der Waals surface area contributed by atoms with Crippen LogP contribution in [0.1, 0.15) is 39.7 Å². The van der Waals surface area contributed by atoms with Gasteiger partial charge in [0, 0.05) is 0 Å². The van der Waals surface area contributed by atoms with Gasteiger partial charge in [-0.1, -0.05) is 75.0 Å². The van der Waals surface area contributed by atoms with Crippen LogP contribution in [-0.4, -0.2) is 39.8 Å². The minimum atomic E-state index is -0.510. The molecular weight excluding hydrogens is 372 g/mol. The molecule has 148 valence electrons. The van der Waals surface area contributed by atoms with Gasteiger partial charge in [-0.25, -0.2) is 9.79 Å². The van der Waals surface area contributed by atoms with Crippen molar-refractivity contribution in [1.82, 2.24) is 4.90 Å². The number of carbonyl (C=O) groups excluding carboxylic acids is 2. The highest BCUT2D eigenvalue weighted by Crippen LogP contribution is 2.38. The Kier molecular flexibility index (Phi) is 6.39. The van der Waals surface area contributed by atoms with Gasteiger partial charge < -0.3 is 4.74 Å². The minimum Gasteiger partial charge on any atom is -0.462 e. The van der Waals surface area contributed by atoms with E-state index in [1.165, 1.54) is 11.8 Å². The zero-order valence-corrected chi connectivity index (χ0v) is 17.5. The number of fused-ring (bicyclic) bond motifs is 1. The first-order chi connectivity index (χ1) is 13.4. The largest absolute Gasteiger partial charge is 0.462 e. The number of nitrogens with zero attached hydrogens (tertiary/aromatic N) is 2. The normalized spacial score (nSPS) is 22.1. The average molecular weight is 399 g/mol. The third kappa shape index (κ3) is 4.22. The van der Waals surface area contributed by atoms with Crippen LogP contribution in [0.15, 0.2) is 52.7 Å². The van der Waals surface area contributed by atoms with E-state index < -0.39 is 12.0 Å². The van der Waals surface area contributed by atoms with Gasteiger partial charge in [-0.3, -0.25) is 9.69 Å². The summed E-state index contributed by atoms with van der Waals surface area (Å²) in [6.07, 6.45) is 4.56. The van der Waals surface area contributed by atoms with Crippen LogP contribution >= 0.6 is 11.8 Å². The average Bonchev–Trinajstić information content (AvgIpc) is 3.00. The number of amidine groups is 1. The highest BCUT2D eigenvalue weighted by Gasteiger charge is 2.45. The number of esters is 1. The van der Waals surface area contributed by atoms with E-state index in [1.807, 2.05) is 70.2 Å². The molecule has 0 aliphatic carbocycles. The van der Waals surface area contributed by atoms with E-state index in [-0.39, 0.29) is 17.1 Å². The summed E-state index contributed by atoms with van der Waals surface area (Å²) >= 11 is 1.47. The lowest BCUT2D eigenvalue weighted by Crippen LogP contribution is -2.45. The Morgan fingerprint density at radius 1 is 1.32 bits per heavy atom. The first-order valence-corrected chi connectivity index (χ1v) is 10.5. The molecule has 0 radical (unpaired) electrons. The smallest absolute Gasteiger partial charge is 0.338 e. The van der Waals surface area contributed by atoms with Gasteiger partial charge >= 0.3 is 5.97 Å². The zero-order chi connectivity index (χ0) is 20.3. The fourth-order valence-electron chi connectivity index (χ4n) is 3.16. The minimum absolute atomic E-state index is 0.00405. The Hall–Kier alpha value is -2.34. The van der Waals surface area contributed by atoms with Crippen molar-refractivity contribution in [3.63, 3.8) is 0 Å². The van der Waals surface area contributed by atoms with Crippen LogP contribution in [-0.2, 0) is 14.3 Å². The second kappa shape index (κ2) is 8.78. The van der Waals surface area contributed by atoms with E-state index in [0.717, 1.165) is 12.0 Å². The number of hydrogen-bond acceptors (Lipinski definition) is 5. The number of amides is 1. The van der Waals surface area contributed by atoms with Crippen LogP contribution in [0.5, 0.6) is 0 Å². The fraction of sp³-hybridized carbons (Fsp3) is 0.409. The summed E-state index contributed by atoms with van der Waals surface area (Å²) in [5.41, 5.74) is 2.05. The second-order valence-electron chi connectivity index (χ2n) is 7.32. The van der Waals surface area contributed by atoms with Crippen LogP contribution in [0.25, 0.3) is 6.08 Å². The van der Waals surface area contributed by atoms with Crippen LogP contribution in [0.3, 0.4) is 0 Å². The van der Waals surface area contributed by atoms with E-state index in [4.69, 9.17) is 4.74 Å². The van der Waals surface area contributed by atoms with Crippen LogP contribution in [0.2, 0.25) is 0 Å². The lowest BCUT2D eigenvalue weighted by atomic mass is 10.00. The van der Waals surface area contributed by atoms with Gasteiger partial charge in [0.05, 0.1) is 29.2 Å². The molecule has 3 rings (SSSR count). The van der Waals surface area contributed by atoms with Crippen LogP contribution in [0, 0.1) is 5.92 Å². The number of carbonyl (C=O) groups is 2. The molecule has 1 aromatic carbocycles. The lowest BCUT2D eigenvalue weighted by molar-refractivity contribution is -0.140. The number of aliphatic imine (C=N–C) groups is 1. The van der Waals surface area contributed by atoms with Gasteiger partial charge in [0.2, 0.25) is 5.91 Å². The van der Waals surface area contributed by atoms with Crippen molar-refractivity contribution < 1.29 is 14.3 Å². The molecule has 2 aliphatic heterocycles. The van der Waals surface area contributed by atoms with E-state index in [2.05, 4.69) is 4.99 Å². The first-order valence-electron chi connectivity index (χ1n) is 9.62. The number of ether oxygens (including phenoxy) is 1. The molecule has 2 atom stereocenters. The molecule has 2 unspecified atom stereocenters. The molecule has 0 spiro atoms. The van der Waals surface area contributed by atoms with E-state index in [9.17, 15) is 9.59 Å². The molecule has 2 heterocycles. The summed E-state index contributed by atoms with van der Waals surface area (Å²) in [6.45, 7) is 8.11. The number of rotatable bonds is 6. The number of thioether (sulfide) groups is 1. The zero-order valence-electron chi connectivity index (χ0n) is 16.7. The van der Waals surface area contributed by atoms with Gasteiger partial charge in [-0.2, -0.15) is 0 Å². The molecule has 28 heavy (non-hydrogen) atoms.